The standard InChI is InChI=1S/C21H26N6O/c1-14-12-19(15(2)27(14)18-10-5-4-6-11-18)21(28)22-17-9-7-8-16(13-17)20-23-24-25-26(20)3/h7-9,12-13,18H,4-6,10-11H2,1-3H3,(H,22,28). The van der Waals surface area contributed by atoms with Crippen LogP contribution in [0, 0.1) is 13.8 Å². The third-order valence-corrected chi connectivity index (χ3v) is 5.67. The molecule has 7 nitrogen and oxygen atoms in total. The average molecular weight is 378 g/mol. The fourth-order valence-corrected chi connectivity index (χ4v) is 4.32. The molecule has 7 heteroatoms. The second-order valence-corrected chi connectivity index (χ2v) is 7.61. The molecule has 2 aromatic heterocycles. The first kappa shape index (κ1) is 18.4. The summed E-state index contributed by atoms with van der Waals surface area (Å²) in [5, 5.41) is 14.6. The third-order valence-electron chi connectivity index (χ3n) is 5.67. The monoisotopic (exact) mass is 378 g/mol. The Morgan fingerprint density at radius 3 is 2.64 bits per heavy atom. The first-order valence-electron chi connectivity index (χ1n) is 9.87. The Bertz CT molecular complexity index is 996. The van der Waals surface area contributed by atoms with Gasteiger partial charge in [0.25, 0.3) is 5.91 Å². The number of tetrazole rings is 1. The van der Waals surface area contributed by atoms with Gasteiger partial charge in [-0.1, -0.05) is 31.4 Å². The van der Waals surface area contributed by atoms with Gasteiger partial charge in [0, 0.05) is 35.7 Å². The molecule has 0 spiro atoms. The first-order chi connectivity index (χ1) is 13.5. The maximum atomic E-state index is 13.0. The summed E-state index contributed by atoms with van der Waals surface area (Å²) in [6.45, 7) is 4.15. The summed E-state index contributed by atoms with van der Waals surface area (Å²) in [4.78, 5) is 13.0. The van der Waals surface area contributed by atoms with E-state index in [0.29, 0.717) is 11.9 Å². The summed E-state index contributed by atoms with van der Waals surface area (Å²) in [6.07, 6.45) is 6.26. The summed E-state index contributed by atoms with van der Waals surface area (Å²) in [5.74, 6) is 0.579. The van der Waals surface area contributed by atoms with Crippen molar-refractivity contribution in [2.45, 2.75) is 52.0 Å². The van der Waals surface area contributed by atoms with Crippen LogP contribution in [0.5, 0.6) is 0 Å². The van der Waals surface area contributed by atoms with Gasteiger partial charge in [-0.15, -0.1) is 5.10 Å². The van der Waals surface area contributed by atoms with Crippen LogP contribution < -0.4 is 5.32 Å². The van der Waals surface area contributed by atoms with Gasteiger partial charge < -0.3 is 9.88 Å². The van der Waals surface area contributed by atoms with E-state index >= 15 is 0 Å². The van der Waals surface area contributed by atoms with Crippen LogP contribution in [0.3, 0.4) is 0 Å². The summed E-state index contributed by atoms with van der Waals surface area (Å²) < 4.78 is 3.97. The average Bonchev–Trinajstić information content (AvgIpc) is 3.25. The number of nitrogens with zero attached hydrogens (tertiary/aromatic N) is 5. The Morgan fingerprint density at radius 1 is 1.14 bits per heavy atom. The van der Waals surface area contributed by atoms with Crippen molar-refractivity contribution < 1.29 is 4.79 Å². The van der Waals surface area contributed by atoms with Gasteiger partial charge in [0.2, 0.25) is 0 Å². The molecule has 1 aliphatic carbocycles. The van der Waals surface area contributed by atoms with Crippen molar-refractivity contribution in [3.63, 3.8) is 0 Å². The molecule has 3 aromatic rings. The van der Waals surface area contributed by atoms with E-state index < -0.39 is 0 Å². The molecule has 1 aliphatic rings. The summed E-state index contributed by atoms with van der Waals surface area (Å²) >= 11 is 0. The largest absolute Gasteiger partial charge is 0.345 e. The number of aryl methyl sites for hydroxylation is 2. The maximum Gasteiger partial charge on any atom is 0.257 e. The zero-order chi connectivity index (χ0) is 19.7. The summed E-state index contributed by atoms with van der Waals surface area (Å²) in [7, 11) is 1.79. The number of amides is 1. The highest BCUT2D eigenvalue weighted by Gasteiger charge is 2.22. The predicted molar refractivity (Wildman–Crippen MR) is 108 cm³/mol. The van der Waals surface area contributed by atoms with Gasteiger partial charge in [0.05, 0.1) is 5.56 Å². The van der Waals surface area contributed by atoms with Crippen LogP contribution in [-0.2, 0) is 7.05 Å². The molecule has 0 saturated heterocycles. The van der Waals surface area contributed by atoms with Crippen molar-refractivity contribution >= 4 is 11.6 Å². The van der Waals surface area contributed by atoms with Crippen LogP contribution in [0.2, 0.25) is 0 Å². The number of rotatable bonds is 4. The van der Waals surface area contributed by atoms with Gasteiger partial charge >= 0.3 is 0 Å². The van der Waals surface area contributed by atoms with Crippen LogP contribution in [0.25, 0.3) is 11.4 Å². The zero-order valence-electron chi connectivity index (χ0n) is 16.6. The second-order valence-electron chi connectivity index (χ2n) is 7.61. The van der Waals surface area contributed by atoms with E-state index in [9.17, 15) is 4.79 Å². The molecular weight excluding hydrogens is 352 g/mol. The maximum absolute atomic E-state index is 13.0. The number of anilines is 1. The van der Waals surface area contributed by atoms with Crippen molar-refractivity contribution in [3.05, 3.63) is 47.3 Å². The lowest BCUT2D eigenvalue weighted by molar-refractivity contribution is 0.102. The molecule has 2 heterocycles. The number of carbonyl (C=O) groups is 1. The van der Waals surface area contributed by atoms with Crippen LogP contribution in [0.15, 0.2) is 30.3 Å². The molecule has 1 saturated carbocycles. The molecule has 0 atom stereocenters. The topological polar surface area (TPSA) is 77.6 Å². The highest BCUT2D eigenvalue weighted by Crippen LogP contribution is 2.32. The SMILES string of the molecule is Cc1cc(C(=O)Nc2cccc(-c3nnnn3C)c2)c(C)n1C1CCCCC1. The molecule has 0 bridgehead atoms. The zero-order valence-corrected chi connectivity index (χ0v) is 16.6. The highest BCUT2D eigenvalue weighted by molar-refractivity contribution is 6.05. The number of aromatic nitrogens is 5. The lowest BCUT2D eigenvalue weighted by Gasteiger charge is -2.26. The van der Waals surface area contributed by atoms with Gasteiger partial charge in [-0.05, 0) is 55.3 Å². The molecule has 1 N–H and O–H groups in total. The lowest BCUT2D eigenvalue weighted by Crippen LogP contribution is -2.17. The van der Waals surface area contributed by atoms with Crippen LogP contribution >= 0.6 is 0 Å². The van der Waals surface area contributed by atoms with Gasteiger partial charge in [0.1, 0.15) is 0 Å². The Hall–Kier alpha value is -2.96. The van der Waals surface area contributed by atoms with E-state index in [1.54, 1.807) is 11.7 Å². The fourth-order valence-electron chi connectivity index (χ4n) is 4.32. The Kier molecular flexibility index (Phi) is 4.98. The molecule has 0 radical (unpaired) electrons. The molecule has 1 fully saturated rings. The van der Waals surface area contributed by atoms with Gasteiger partial charge in [-0.25, -0.2) is 4.68 Å². The summed E-state index contributed by atoms with van der Waals surface area (Å²) in [6, 6.07) is 10.1. The minimum Gasteiger partial charge on any atom is -0.345 e. The quantitative estimate of drug-likeness (QED) is 0.743. The minimum atomic E-state index is -0.0802. The number of carbonyl (C=O) groups excluding carboxylic acids is 1. The molecular formula is C21H26N6O. The Labute approximate surface area is 164 Å². The predicted octanol–water partition coefficient (Wildman–Crippen LogP) is 4.05. The van der Waals surface area contributed by atoms with Crippen molar-refractivity contribution in [1.29, 1.82) is 0 Å². The smallest absolute Gasteiger partial charge is 0.257 e. The van der Waals surface area contributed by atoms with Crippen LogP contribution in [0.4, 0.5) is 5.69 Å². The molecule has 1 amide bonds. The van der Waals surface area contributed by atoms with Crippen LogP contribution in [-0.4, -0.2) is 30.7 Å². The fraction of sp³-hybridized carbons (Fsp3) is 0.429. The third kappa shape index (κ3) is 3.44. The lowest BCUT2D eigenvalue weighted by atomic mass is 9.95. The van der Waals surface area contributed by atoms with E-state index in [-0.39, 0.29) is 5.91 Å². The Morgan fingerprint density at radius 2 is 1.93 bits per heavy atom. The van der Waals surface area contributed by atoms with Crippen molar-refractivity contribution in [1.82, 2.24) is 24.8 Å². The minimum absolute atomic E-state index is 0.0802. The normalized spacial score (nSPS) is 15.0. The number of hydrogen-bond acceptors (Lipinski definition) is 4. The van der Waals surface area contributed by atoms with Crippen molar-refractivity contribution in [2.75, 3.05) is 5.32 Å². The second kappa shape index (κ2) is 7.58. The van der Waals surface area contributed by atoms with Crippen molar-refractivity contribution in [3.8, 4) is 11.4 Å². The van der Waals surface area contributed by atoms with Gasteiger partial charge in [0.15, 0.2) is 5.82 Å². The molecule has 0 aliphatic heterocycles. The number of hydrogen-bond donors (Lipinski definition) is 1. The van der Waals surface area contributed by atoms with E-state index in [0.717, 1.165) is 28.2 Å². The number of nitrogens with one attached hydrogen (secondary N) is 1. The molecule has 28 heavy (non-hydrogen) atoms. The van der Waals surface area contributed by atoms with Gasteiger partial charge in [-0.2, -0.15) is 0 Å². The van der Waals surface area contributed by atoms with E-state index in [2.05, 4.69) is 39.3 Å². The highest BCUT2D eigenvalue weighted by atomic mass is 16.1. The molecule has 1 aromatic carbocycles. The first-order valence-corrected chi connectivity index (χ1v) is 9.87. The van der Waals surface area contributed by atoms with E-state index in [4.69, 9.17) is 0 Å². The van der Waals surface area contributed by atoms with Gasteiger partial charge in [-0.3, -0.25) is 4.79 Å². The molecule has 146 valence electrons. The van der Waals surface area contributed by atoms with E-state index in [1.165, 1.54) is 32.1 Å². The number of benzene rings is 1. The molecule has 0 unspecified atom stereocenters. The summed E-state index contributed by atoms with van der Waals surface area (Å²) in [5.41, 5.74) is 4.55. The van der Waals surface area contributed by atoms with Crippen LogP contribution in [0.1, 0.15) is 59.9 Å². The Balaban J connectivity index is 1.57. The van der Waals surface area contributed by atoms with E-state index in [1.807, 2.05) is 30.3 Å². The molecule has 4 rings (SSSR count). The van der Waals surface area contributed by atoms with Crippen molar-refractivity contribution in [2.24, 2.45) is 7.05 Å².